The zero-order chi connectivity index (χ0) is 48.6. The van der Waals surface area contributed by atoms with Gasteiger partial charge in [0, 0.05) is 19.3 Å². The van der Waals surface area contributed by atoms with Crippen LogP contribution < -0.4 is 0 Å². The molecule has 0 heterocycles. The number of esters is 3. The molecule has 6 heteroatoms. The zero-order valence-electron chi connectivity index (χ0n) is 45.2. The van der Waals surface area contributed by atoms with Crippen molar-refractivity contribution in [1.29, 1.82) is 0 Å². The topological polar surface area (TPSA) is 78.9 Å². The SMILES string of the molecule is CCCC/C=C\C/C=C\CCCCCCCC(=O)OC(COC(=O)CCCCCCCCCCCCCC)COC(=O)CCCCCCCCCCCCCCCCCCCCCCCCC. The lowest BCUT2D eigenvalue weighted by atomic mass is 10.0. The smallest absolute Gasteiger partial charge is 0.306 e. The summed E-state index contributed by atoms with van der Waals surface area (Å²) in [6, 6.07) is 0. The lowest BCUT2D eigenvalue weighted by Gasteiger charge is -2.18. The molecule has 0 aliphatic heterocycles. The van der Waals surface area contributed by atoms with Crippen LogP contribution in [0.5, 0.6) is 0 Å². The Hall–Kier alpha value is -2.11. The number of unbranched alkanes of at least 4 members (excludes halogenated alkanes) is 40. The molecular weight excluding hydrogens is 829 g/mol. The van der Waals surface area contributed by atoms with E-state index in [1.165, 1.54) is 205 Å². The van der Waals surface area contributed by atoms with Crippen LogP contribution in [0, 0.1) is 0 Å². The van der Waals surface area contributed by atoms with Gasteiger partial charge in [-0.2, -0.15) is 0 Å². The molecule has 0 rings (SSSR count). The molecule has 0 aromatic heterocycles. The highest BCUT2D eigenvalue weighted by molar-refractivity contribution is 5.71. The van der Waals surface area contributed by atoms with E-state index in [1.807, 2.05) is 0 Å². The highest BCUT2D eigenvalue weighted by atomic mass is 16.6. The maximum absolute atomic E-state index is 12.8. The van der Waals surface area contributed by atoms with Crippen molar-refractivity contribution in [3.63, 3.8) is 0 Å². The van der Waals surface area contributed by atoms with E-state index in [1.54, 1.807) is 0 Å². The van der Waals surface area contributed by atoms with Crippen molar-refractivity contribution in [2.24, 2.45) is 0 Å². The van der Waals surface area contributed by atoms with Crippen molar-refractivity contribution in [3.8, 4) is 0 Å². The van der Waals surface area contributed by atoms with Gasteiger partial charge in [-0.3, -0.25) is 14.4 Å². The summed E-state index contributed by atoms with van der Waals surface area (Å²) in [6.07, 6.45) is 66.1. The van der Waals surface area contributed by atoms with Gasteiger partial charge in [0.1, 0.15) is 13.2 Å². The minimum absolute atomic E-state index is 0.0716. The van der Waals surface area contributed by atoms with E-state index in [4.69, 9.17) is 14.2 Å². The van der Waals surface area contributed by atoms with Crippen LogP contribution in [0.1, 0.15) is 329 Å². The van der Waals surface area contributed by atoms with Gasteiger partial charge >= 0.3 is 17.9 Å². The van der Waals surface area contributed by atoms with Crippen LogP contribution in [0.15, 0.2) is 24.3 Å². The molecule has 0 saturated heterocycles. The van der Waals surface area contributed by atoms with Gasteiger partial charge in [-0.15, -0.1) is 0 Å². The summed E-state index contributed by atoms with van der Waals surface area (Å²) < 4.78 is 16.9. The lowest BCUT2D eigenvalue weighted by molar-refractivity contribution is -0.167. The Balaban J connectivity index is 4.22. The zero-order valence-corrected chi connectivity index (χ0v) is 45.2. The second kappa shape index (κ2) is 56.5. The molecule has 0 aliphatic rings. The molecule has 0 radical (unpaired) electrons. The standard InChI is InChI=1S/C61H114O6/c1-4-7-10-13-16-19-22-25-27-28-29-30-31-32-33-34-35-37-39-42-45-48-51-54-60(63)66-57-58(56-65-59(62)53-50-47-44-41-38-24-21-18-15-12-9-6-3)67-61(64)55-52-49-46-43-40-36-26-23-20-17-14-11-8-5-2/h14,17,23,26,58H,4-13,15-16,18-22,24-25,27-57H2,1-3H3/b17-14-,26-23-. The number of hydrogen-bond donors (Lipinski definition) is 0. The first-order chi connectivity index (χ1) is 33.0. The summed E-state index contributed by atoms with van der Waals surface area (Å²) in [7, 11) is 0. The van der Waals surface area contributed by atoms with E-state index >= 15 is 0 Å². The number of rotatable bonds is 55. The summed E-state index contributed by atoms with van der Waals surface area (Å²) in [5.41, 5.74) is 0. The second-order valence-electron chi connectivity index (χ2n) is 20.3. The lowest BCUT2D eigenvalue weighted by Crippen LogP contribution is -2.30. The summed E-state index contributed by atoms with van der Waals surface area (Å²) in [6.45, 7) is 6.64. The Labute approximate surface area is 417 Å². The maximum atomic E-state index is 12.8. The quantitative estimate of drug-likeness (QED) is 0.0262. The van der Waals surface area contributed by atoms with Crippen molar-refractivity contribution >= 4 is 17.9 Å². The fraction of sp³-hybridized carbons (Fsp3) is 0.885. The van der Waals surface area contributed by atoms with Gasteiger partial charge in [-0.1, -0.05) is 289 Å². The maximum Gasteiger partial charge on any atom is 0.306 e. The Morgan fingerprint density at radius 1 is 0.299 bits per heavy atom. The van der Waals surface area contributed by atoms with Crippen molar-refractivity contribution in [3.05, 3.63) is 24.3 Å². The van der Waals surface area contributed by atoms with Crippen LogP contribution in [0.25, 0.3) is 0 Å². The molecule has 1 unspecified atom stereocenters. The van der Waals surface area contributed by atoms with E-state index in [0.29, 0.717) is 19.3 Å². The Kier molecular flexibility index (Phi) is 54.7. The van der Waals surface area contributed by atoms with Gasteiger partial charge in [-0.25, -0.2) is 0 Å². The molecule has 0 amide bonds. The van der Waals surface area contributed by atoms with Gasteiger partial charge in [0.05, 0.1) is 0 Å². The van der Waals surface area contributed by atoms with Crippen molar-refractivity contribution in [2.75, 3.05) is 13.2 Å². The number of allylic oxidation sites excluding steroid dienone is 4. The third kappa shape index (κ3) is 54.7. The van der Waals surface area contributed by atoms with Crippen molar-refractivity contribution < 1.29 is 28.6 Å². The molecule has 0 aromatic carbocycles. The van der Waals surface area contributed by atoms with Crippen LogP contribution in [0.4, 0.5) is 0 Å². The molecule has 0 bridgehead atoms. The van der Waals surface area contributed by atoms with Crippen molar-refractivity contribution in [2.45, 2.75) is 335 Å². The summed E-state index contributed by atoms with van der Waals surface area (Å²) in [5.74, 6) is -0.865. The van der Waals surface area contributed by atoms with Crippen molar-refractivity contribution in [1.82, 2.24) is 0 Å². The molecule has 0 fully saturated rings. The molecule has 1 atom stereocenters. The Morgan fingerprint density at radius 2 is 0.552 bits per heavy atom. The number of carbonyl (C=O) groups excluding carboxylic acids is 3. The van der Waals surface area contributed by atoms with Gasteiger partial charge < -0.3 is 14.2 Å². The number of hydrogen-bond acceptors (Lipinski definition) is 6. The number of carbonyl (C=O) groups is 3. The Morgan fingerprint density at radius 3 is 0.866 bits per heavy atom. The molecule has 0 aliphatic carbocycles. The van der Waals surface area contributed by atoms with E-state index in [2.05, 4.69) is 45.1 Å². The molecule has 394 valence electrons. The van der Waals surface area contributed by atoms with Gasteiger partial charge in [0.2, 0.25) is 0 Å². The average molecular weight is 944 g/mol. The highest BCUT2D eigenvalue weighted by Crippen LogP contribution is 2.17. The van der Waals surface area contributed by atoms with Crippen LogP contribution in [-0.2, 0) is 28.6 Å². The van der Waals surface area contributed by atoms with Crippen LogP contribution >= 0.6 is 0 Å². The molecule has 0 saturated carbocycles. The van der Waals surface area contributed by atoms with Crippen LogP contribution in [-0.4, -0.2) is 37.2 Å². The molecule has 0 N–H and O–H groups in total. The Bertz CT molecular complexity index is 1080. The van der Waals surface area contributed by atoms with E-state index in [-0.39, 0.29) is 31.1 Å². The summed E-state index contributed by atoms with van der Waals surface area (Å²) in [5, 5.41) is 0. The summed E-state index contributed by atoms with van der Waals surface area (Å²) in [4.78, 5) is 38.1. The predicted molar refractivity (Wildman–Crippen MR) is 289 cm³/mol. The average Bonchev–Trinajstić information content (AvgIpc) is 3.33. The minimum atomic E-state index is -0.773. The predicted octanol–water partition coefficient (Wildman–Crippen LogP) is 19.9. The molecular formula is C61H114O6. The molecule has 6 nitrogen and oxygen atoms in total. The number of ether oxygens (including phenoxy) is 3. The minimum Gasteiger partial charge on any atom is -0.462 e. The first kappa shape index (κ1) is 64.9. The molecule has 67 heavy (non-hydrogen) atoms. The highest BCUT2D eigenvalue weighted by Gasteiger charge is 2.19. The monoisotopic (exact) mass is 943 g/mol. The van der Waals surface area contributed by atoms with Crippen LogP contribution in [0.2, 0.25) is 0 Å². The summed E-state index contributed by atoms with van der Waals surface area (Å²) >= 11 is 0. The third-order valence-electron chi connectivity index (χ3n) is 13.5. The van der Waals surface area contributed by atoms with Gasteiger partial charge in [0.25, 0.3) is 0 Å². The fourth-order valence-electron chi connectivity index (χ4n) is 8.93. The molecule has 0 aromatic rings. The van der Waals surface area contributed by atoms with Gasteiger partial charge in [0.15, 0.2) is 6.10 Å². The van der Waals surface area contributed by atoms with Crippen LogP contribution in [0.3, 0.4) is 0 Å². The first-order valence-corrected chi connectivity index (χ1v) is 29.8. The first-order valence-electron chi connectivity index (χ1n) is 29.8. The van der Waals surface area contributed by atoms with E-state index in [0.717, 1.165) is 83.5 Å². The third-order valence-corrected chi connectivity index (χ3v) is 13.5. The van der Waals surface area contributed by atoms with E-state index < -0.39 is 6.10 Å². The normalized spacial score (nSPS) is 12.1. The fourth-order valence-corrected chi connectivity index (χ4v) is 8.93. The van der Waals surface area contributed by atoms with E-state index in [9.17, 15) is 14.4 Å². The van der Waals surface area contributed by atoms with Gasteiger partial charge in [-0.05, 0) is 44.9 Å². The largest absolute Gasteiger partial charge is 0.462 e. The molecule has 0 spiro atoms. The second-order valence-corrected chi connectivity index (χ2v) is 20.3.